The Bertz CT molecular complexity index is 1630. The summed E-state index contributed by atoms with van der Waals surface area (Å²) in [6.07, 6.45) is 0.452. The van der Waals surface area contributed by atoms with Crippen LogP contribution in [0, 0.1) is 20.8 Å². The van der Waals surface area contributed by atoms with Gasteiger partial charge in [0, 0.05) is 34.6 Å². The van der Waals surface area contributed by atoms with Gasteiger partial charge in [-0.2, -0.15) is 5.10 Å². The number of aromatic amines is 1. The topological polar surface area (TPSA) is 72.3 Å². The highest BCUT2D eigenvalue weighted by Gasteiger charge is 2.26. The van der Waals surface area contributed by atoms with Gasteiger partial charge in [-0.3, -0.25) is 4.68 Å². The van der Waals surface area contributed by atoms with Gasteiger partial charge in [0.2, 0.25) is 0 Å². The maximum absolute atomic E-state index is 11.2. The van der Waals surface area contributed by atoms with Crippen LogP contribution in [-0.4, -0.2) is 32.1 Å². The lowest BCUT2D eigenvalue weighted by Crippen LogP contribution is -2.23. The molecular formula is C33H39N3O3. The lowest BCUT2D eigenvalue weighted by molar-refractivity contribution is -0.171. The van der Waals surface area contributed by atoms with E-state index >= 15 is 0 Å². The number of nitrogens with zero attached hydrogens (tertiary/aromatic N) is 2. The van der Waals surface area contributed by atoms with Crippen molar-refractivity contribution in [2.75, 3.05) is 6.61 Å². The maximum Gasteiger partial charge on any atom is 0.197 e. The van der Waals surface area contributed by atoms with Crippen LogP contribution in [0.25, 0.3) is 32.8 Å². The van der Waals surface area contributed by atoms with Crippen LogP contribution in [0.1, 0.15) is 61.7 Å². The number of aliphatic hydroxyl groups is 1. The predicted octanol–water partition coefficient (Wildman–Crippen LogP) is 7.46. The van der Waals surface area contributed by atoms with E-state index in [0.717, 1.165) is 68.5 Å². The van der Waals surface area contributed by atoms with E-state index in [9.17, 15) is 5.11 Å². The molecule has 0 bridgehead atoms. The van der Waals surface area contributed by atoms with Crippen LogP contribution in [0.2, 0.25) is 0 Å². The fraction of sp³-hybridized carbons (Fsp3) is 0.364. The molecule has 0 aliphatic carbocycles. The lowest BCUT2D eigenvalue weighted by Gasteiger charge is -2.24. The molecule has 5 rings (SSSR count). The number of fused-ring (bicyclic) bond motifs is 2. The summed E-state index contributed by atoms with van der Waals surface area (Å²) in [5.41, 5.74) is 7.77. The van der Waals surface area contributed by atoms with E-state index in [1.807, 2.05) is 63.7 Å². The summed E-state index contributed by atoms with van der Waals surface area (Å²) in [4.78, 5) is 3.59. The molecule has 0 spiro atoms. The average Bonchev–Trinajstić information content (AvgIpc) is 3.37. The van der Waals surface area contributed by atoms with Crippen LogP contribution in [0.5, 0.6) is 5.75 Å². The standard InChI is InChI=1S/C33H39N3O3/c1-20-17-18-26-25(15-11-19-38-27-16-10-13-23-12-8-9-14-24(23)27)31(32(37)39-33(4,5)6)34-30(26)28(20)29-21(2)35-36(7)22(29)3/h8-10,12-14,16-18,32,34,37H,11,15,19H2,1-7H3. The Morgan fingerprint density at radius 1 is 0.949 bits per heavy atom. The zero-order valence-corrected chi connectivity index (χ0v) is 24.1. The van der Waals surface area contributed by atoms with Gasteiger partial charge < -0.3 is 19.6 Å². The summed E-state index contributed by atoms with van der Waals surface area (Å²) in [7, 11) is 1.98. The minimum atomic E-state index is -1.07. The Kier molecular flexibility index (Phi) is 7.27. The van der Waals surface area contributed by atoms with Gasteiger partial charge in [0.15, 0.2) is 6.29 Å². The third-order valence-corrected chi connectivity index (χ3v) is 7.37. The number of benzene rings is 3. The van der Waals surface area contributed by atoms with E-state index in [1.54, 1.807) is 0 Å². The summed E-state index contributed by atoms with van der Waals surface area (Å²) < 4.78 is 14.2. The van der Waals surface area contributed by atoms with Crippen LogP contribution >= 0.6 is 0 Å². The first kappa shape index (κ1) is 27.0. The fourth-order valence-electron chi connectivity index (χ4n) is 5.53. The smallest absolute Gasteiger partial charge is 0.197 e. The van der Waals surface area contributed by atoms with E-state index in [-0.39, 0.29) is 0 Å². The Labute approximate surface area is 230 Å². The van der Waals surface area contributed by atoms with Gasteiger partial charge in [-0.25, -0.2) is 0 Å². The highest BCUT2D eigenvalue weighted by Crippen LogP contribution is 2.39. The molecule has 5 aromatic rings. The summed E-state index contributed by atoms with van der Waals surface area (Å²) in [5.74, 6) is 0.892. The minimum absolute atomic E-state index is 0.499. The fourth-order valence-corrected chi connectivity index (χ4v) is 5.53. The van der Waals surface area contributed by atoms with Gasteiger partial charge in [0.05, 0.1) is 29.1 Å². The average molecular weight is 526 g/mol. The van der Waals surface area contributed by atoms with E-state index < -0.39 is 11.9 Å². The third kappa shape index (κ3) is 5.32. The van der Waals surface area contributed by atoms with Crippen molar-refractivity contribution in [2.45, 2.75) is 66.3 Å². The van der Waals surface area contributed by atoms with Crippen LogP contribution in [0.3, 0.4) is 0 Å². The SMILES string of the molecule is Cc1ccc2c(CCCOc3cccc4ccccc34)c(C(O)OC(C)(C)C)[nH]c2c1-c1c(C)nn(C)c1C. The molecule has 2 N–H and O–H groups in total. The number of hydrogen-bond donors (Lipinski definition) is 2. The molecule has 6 heteroatoms. The molecule has 0 fully saturated rings. The zero-order valence-electron chi connectivity index (χ0n) is 24.1. The van der Waals surface area contributed by atoms with Crippen LogP contribution in [0.15, 0.2) is 54.6 Å². The number of ether oxygens (including phenoxy) is 2. The molecular weight excluding hydrogens is 486 g/mol. The van der Waals surface area contributed by atoms with E-state index in [0.29, 0.717) is 12.3 Å². The highest BCUT2D eigenvalue weighted by molar-refractivity contribution is 5.99. The van der Waals surface area contributed by atoms with Gasteiger partial charge in [0.1, 0.15) is 5.75 Å². The summed E-state index contributed by atoms with van der Waals surface area (Å²) in [6.45, 7) is 12.7. The van der Waals surface area contributed by atoms with E-state index in [1.165, 1.54) is 5.39 Å². The molecule has 1 atom stereocenters. The Balaban J connectivity index is 1.51. The van der Waals surface area contributed by atoms with Crippen molar-refractivity contribution < 1.29 is 14.6 Å². The molecule has 2 aromatic heterocycles. The first-order valence-electron chi connectivity index (χ1n) is 13.7. The second kappa shape index (κ2) is 10.5. The van der Waals surface area contributed by atoms with Crippen molar-refractivity contribution in [2.24, 2.45) is 7.05 Å². The van der Waals surface area contributed by atoms with Crippen molar-refractivity contribution in [3.63, 3.8) is 0 Å². The Morgan fingerprint density at radius 3 is 2.41 bits per heavy atom. The second-order valence-corrected chi connectivity index (χ2v) is 11.4. The number of aromatic nitrogens is 3. The van der Waals surface area contributed by atoms with Gasteiger partial charge in [-0.1, -0.05) is 48.5 Å². The molecule has 204 valence electrons. The molecule has 0 aliphatic rings. The normalized spacial score (nSPS) is 12.9. The van der Waals surface area contributed by atoms with Crippen LogP contribution in [0.4, 0.5) is 0 Å². The summed E-state index contributed by atoms with van der Waals surface area (Å²) >= 11 is 0. The molecule has 0 saturated carbocycles. The van der Waals surface area contributed by atoms with Gasteiger partial charge in [0.25, 0.3) is 0 Å². The third-order valence-electron chi connectivity index (χ3n) is 7.37. The maximum atomic E-state index is 11.2. The number of rotatable bonds is 8. The van der Waals surface area contributed by atoms with Crippen molar-refractivity contribution >= 4 is 21.7 Å². The number of nitrogens with one attached hydrogen (secondary N) is 1. The summed E-state index contributed by atoms with van der Waals surface area (Å²) in [6, 6.07) is 18.7. The molecule has 0 saturated heterocycles. The van der Waals surface area contributed by atoms with Gasteiger partial charge in [-0.05, 0) is 77.0 Å². The van der Waals surface area contributed by atoms with Gasteiger partial charge >= 0.3 is 0 Å². The first-order chi connectivity index (χ1) is 18.5. The van der Waals surface area contributed by atoms with Crippen LogP contribution in [-0.2, 0) is 18.2 Å². The minimum Gasteiger partial charge on any atom is -0.493 e. The monoisotopic (exact) mass is 525 g/mol. The Morgan fingerprint density at radius 2 is 1.69 bits per heavy atom. The largest absolute Gasteiger partial charge is 0.493 e. The molecule has 0 radical (unpaired) electrons. The number of H-pyrrole nitrogens is 1. The first-order valence-corrected chi connectivity index (χ1v) is 13.7. The molecule has 39 heavy (non-hydrogen) atoms. The Hall–Kier alpha value is -3.61. The lowest BCUT2D eigenvalue weighted by atomic mass is 9.94. The molecule has 1 unspecified atom stereocenters. The second-order valence-electron chi connectivity index (χ2n) is 11.4. The van der Waals surface area contributed by atoms with Crippen molar-refractivity contribution in [1.82, 2.24) is 14.8 Å². The van der Waals surface area contributed by atoms with Crippen LogP contribution < -0.4 is 4.74 Å². The predicted molar refractivity (Wildman–Crippen MR) is 158 cm³/mol. The van der Waals surface area contributed by atoms with E-state index in [4.69, 9.17) is 9.47 Å². The highest BCUT2D eigenvalue weighted by atomic mass is 16.6. The van der Waals surface area contributed by atoms with Gasteiger partial charge in [-0.15, -0.1) is 0 Å². The number of aliphatic hydroxyl groups excluding tert-OH is 1. The number of hydrogen-bond acceptors (Lipinski definition) is 4. The molecule has 0 amide bonds. The van der Waals surface area contributed by atoms with Crippen molar-refractivity contribution in [3.8, 4) is 16.9 Å². The molecule has 3 aromatic carbocycles. The molecule has 6 nitrogen and oxygen atoms in total. The van der Waals surface area contributed by atoms with E-state index in [2.05, 4.69) is 54.3 Å². The number of aryl methyl sites for hydroxylation is 4. The quantitative estimate of drug-likeness (QED) is 0.163. The summed E-state index contributed by atoms with van der Waals surface area (Å²) in [5, 5.41) is 19.3. The van der Waals surface area contributed by atoms with Crippen molar-refractivity contribution in [3.05, 3.63) is 82.8 Å². The van der Waals surface area contributed by atoms with Crippen molar-refractivity contribution in [1.29, 1.82) is 0 Å². The molecule has 2 heterocycles. The molecule has 0 aliphatic heterocycles. The zero-order chi connectivity index (χ0) is 27.9.